The lowest BCUT2D eigenvalue weighted by Gasteiger charge is -2.32. The molecule has 0 saturated heterocycles. The molecule has 2 aliphatic heterocycles. The summed E-state index contributed by atoms with van der Waals surface area (Å²) in [6.07, 6.45) is 0. The van der Waals surface area contributed by atoms with E-state index in [0.717, 1.165) is 89.3 Å². The zero-order chi connectivity index (χ0) is 37.5. The number of benzene rings is 8. The van der Waals surface area contributed by atoms with Crippen LogP contribution in [0.1, 0.15) is 0 Å². The lowest BCUT2D eigenvalue weighted by atomic mass is 9.35. The van der Waals surface area contributed by atoms with Gasteiger partial charge in [-0.15, -0.1) is 0 Å². The molecule has 5 heteroatoms. The summed E-state index contributed by atoms with van der Waals surface area (Å²) in [5.41, 5.74) is 12.0. The minimum Gasteiger partial charge on any atom is -0.458 e. The van der Waals surface area contributed by atoms with Crippen LogP contribution in [-0.2, 0) is 0 Å². The third kappa shape index (κ3) is 4.84. The molecule has 10 aromatic rings. The zero-order valence-electron chi connectivity index (χ0n) is 30.7. The van der Waals surface area contributed by atoms with Crippen molar-refractivity contribution in [1.82, 2.24) is 4.57 Å². The van der Waals surface area contributed by atoms with Gasteiger partial charge in [-0.05, 0) is 94.2 Å². The predicted octanol–water partition coefficient (Wildman–Crippen LogP) is 11.4. The second kappa shape index (κ2) is 12.4. The first-order valence-electron chi connectivity index (χ1n) is 19.3. The number of hydrogen-bond acceptors (Lipinski definition) is 3. The Morgan fingerprint density at radius 3 is 1.88 bits per heavy atom. The first-order valence-corrected chi connectivity index (χ1v) is 19.3. The van der Waals surface area contributed by atoms with Crippen LogP contribution in [0.2, 0.25) is 0 Å². The molecule has 4 nitrogen and oxygen atoms in total. The summed E-state index contributed by atoms with van der Waals surface area (Å²) in [7, 11) is 0. The third-order valence-electron chi connectivity index (χ3n) is 11.5. The van der Waals surface area contributed by atoms with Crippen LogP contribution in [0.4, 0.5) is 17.1 Å². The lowest BCUT2D eigenvalue weighted by Crippen LogP contribution is -2.57. The monoisotopic (exact) mass is 726 g/mol. The molecule has 0 radical (unpaired) electrons. The van der Waals surface area contributed by atoms with Crippen molar-refractivity contribution in [2.24, 2.45) is 0 Å². The Morgan fingerprint density at radius 2 is 1.14 bits per heavy atom. The van der Waals surface area contributed by atoms with Crippen molar-refractivity contribution in [1.29, 1.82) is 0 Å². The third-order valence-corrected chi connectivity index (χ3v) is 11.5. The van der Waals surface area contributed by atoms with Crippen LogP contribution in [0.3, 0.4) is 0 Å². The summed E-state index contributed by atoms with van der Waals surface area (Å²) in [4.78, 5) is 2.37. The quantitative estimate of drug-likeness (QED) is 0.165. The molecule has 0 atom stereocenters. The topological polar surface area (TPSA) is 26.6 Å². The SMILES string of the molecule is c1cc2c3c(c#1)Oc1cc4c5c6ccccc6c(N(c6ccccc6)c6ccccc6)cc5n(-c5ccccc5)c4cc1B3c1ccc(-c3ccccc3)cc1O2. The Labute approximate surface area is 330 Å². The number of aromatic nitrogens is 1. The van der Waals surface area contributed by atoms with Gasteiger partial charge in [0.25, 0.3) is 6.71 Å². The van der Waals surface area contributed by atoms with Crippen LogP contribution in [0.15, 0.2) is 188 Å². The molecule has 0 aliphatic carbocycles. The molecule has 9 aromatic carbocycles. The molecule has 3 heterocycles. The van der Waals surface area contributed by atoms with E-state index in [9.17, 15) is 0 Å². The van der Waals surface area contributed by atoms with Gasteiger partial charge in [-0.1, -0.05) is 127 Å². The Hall–Kier alpha value is -7.68. The second-order valence-corrected chi connectivity index (χ2v) is 14.7. The number of fused-ring (bicyclic) bond motifs is 9. The minimum atomic E-state index is -0.122. The van der Waals surface area contributed by atoms with Gasteiger partial charge in [0.05, 0.1) is 16.7 Å². The summed E-state index contributed by atoms with van der Waals surface area (Å²) >= 11 is 0. The van der Waals surface area contributed by atoms with Gasteiger partial charge in [0.15, 0.2) is 5.75 Å². The lowest BCUT2D eigenvalue weighted by molar-refractivity contribution is 0.465. The number of ether oxygens (including phenoxy) is 2. The molecule has 2 aliphatic rings. The van der Waals surface area contributed by atoms with Gasteiger partial charge >= 0.3 is 0 Å². The number of nitrogens with zero attached hydrogens (tertiary/aromatic N) is 2. The van der Waals surface area contributed by atoms with Crippen LogP contribution in [-0.4, -0.2) is 11.3 Å². The molecule has 0 amide bonds. The molecule has 0 saturated carbocycles. The van der Waals surface area contributed by atoms with Crippen molar-refractivity contribution in [3.8, 4) is 39.8 Å². The largest absolute Gasteiger partial charge is 0.458 e. The number of anilines is 3. The van der Waals surface area contributed by atoms with Gasteiger partial charge in [0.2, 0.25) is 0 Å². The Bertz CT molecular complexity index is 3140. The van der Waals surface area contributed by atoms with E-state index >= 15 is 0 Å². The van der Waals surface area contributed by atoms with Crippen LogP contribution < -0.4 is 30.8 Å². The van der Waals surface area contributed by atoms with Crippen LogP contribution in [0.25, 0.3) is 49.4 Å². The highest BCUT2D eigenvalue weighted by molar-refractivity contribution is 6.98. The fraction of sp³-hybridized carbons (Fsp3) is 0. The van der Waals surface area contributed by atoms with Crippen LogP contribution in [0.5, 0.6) is 23.0 Å². The molecule has 264 valence electrons. The van der Waals surface area contributed by atoms with E-state index in [4.69, 9.17) is 9.47 Å². The molecule has 0 bridgehead atoms. The molecule has 1 aromatic heterocycles. The summed E-state index contributed by atoms with van der Waals surface area (Å²) < 4.78 is 15.9. The van der Waals surface area contributed by atoms with Crippen molar-refractivity contribution < 1.29 is 9.47 Å². The Balaban J connectivity index is 1.16. The Morgan fingerprint density at radius 1 is 0.491 bits per heavy atom. The minimum absolute atomic E-state index is 0.122. The average Bonchev–Trinajstić information content (AvgIpc) is 3.60. The fourth-order valence-electron chi connectivity index (χ4n) is 9.08. The predicted molar refractivity (Wildman–Crippen MR) is 234 cm³/mol. The second-order valence-electron chi connectivity index (χ2n) is 14.7. The van der Waals surface area contributed by atoms with Crippen molar-refractivity contribution >= 4 is 72.7 Å². The smallest absolute Gasteiger partial charge is 0.261 e. The van der Waals surface area contributed by atoms with E-state index < -0.39 is 0 Å². The van der Waals surface area contributed by atoms with Gasteiger partial charge in [0.1, 0.15) is 17.2 Å². The molecule has 0 fully saturated rings. The molecule has 12 rings (SSSR count). The molecule has 0 unspecified atom stereocenters. The highest BCUT2D eigenvalue weighted by Gasteiger charge is 2.41. The molecule has 0 N–H and O–H groups in total. The number of rotatable bonds is 5. The van der Waals surface area contributed by atoms with Crippen molar-refractivity contribution in [3.05, 3.63) is 200 Å². The number of para-hydroxylation sites is 3. The van der Waals surface area contributed by atoms with Crippen molar-refractivity contribution in [2.45, 2.75) is 0 Å². The van der Waals surface area contributed by atoms with E-state index in [1.807, 2.05) is 12.1 Å². The summed E-state index contributed by atoms with van der Waals surface area (Å²) in [5, 5.41) is 4.63. The summed E-state index contributed by atoms with van der Waals surface area (Å²) in [6.45, 7) is -0.122. The average molecular weight is 727 g/mol. The van der Waals surface area contributed by atoms with Gasteiger partial charge in [-0.2, -0.15) is 0 Å². The molecular formula is C52H31BN2O2. The highest BCUT2D eigenvalue weighted by Crippen LogP contribution is 2.46. The standard InChI is InChI=1S/C52H31BN2O2/c1-5-16-34(17-6-1)35-28-29-42-49(30-35)56-47-26-15-27-48-52(47)53(42)43-32-44-41(31-50(43)57-48)51-40-25-14-13-24-39(40)45(33-46(51)55(44)38-22-11-4-12-23-38)54(36-18-7-2-8-19-36)37-20-9-3-10-21-37/h1-14,16-26,28-33H. The van der Waals surface area contributed by atoms with Gasteiger partial charge < -0.3 is 18.9 Å². The normalized spacial score (nSPS) is 12.3. The van der Waals surface area contributed by atoms with Gasteiger partial charge in [-0.3, -0.25) is 0 Å². The van der Waals surface area contributed by atoms with Gasteiger partial charge in [-0.25, -0.2) is 0 Å². The van der Waals surface area contributed by atoms with E-state index in [2.05, 4.69) is 198 Å². The van der Waals surface area contributed by atoms with Crippen LogP contribution >= 0.6 is 0 Å². The van der Waals surface area contributed by atoms with E-state index in [1.54, 1.807) is 0 Å². The fourth-order valence-corrected chi connectivity index (χ4v) is 9.08. The van der Waals surface area contributed by atoms with E-state index in [1.165, 1.54) is 10.8 Å². The van der Waals surface area contributed by atoms with E-state index in [-0.39, 0.29) is 6.71 Å². The van der Waals surface area contributed by atoms with E-state index in [0.29, 0.717) is 5.75 Å². The van der Waals surface area contributed by atoms with Crippen LogP contribution in [0, 0.1) is 12.1 Å². The maximum absolute atomic E-state index is 6.81. The maximum atomic E-state index is 6.81. The first-order chi connectivity index (χ1) is 28.3. The Kier molecular flexibility index (Phi) is 6.90. The molecule has 57 heavy (non-hydrogen) atoms. The summed E-state index contributed by atoms with van der Waals surface area (Å²) in [6, 6.07) is 73.1. The highest BCUT2D eigenvalue weighted by atomic mass is 16.5. The van der Waals surface area contributed by atoms with Gasteiger partial charge in [0, 0.05) is 44.8 Å². The number of hydrogen-bond donors (Lipinski definition) is 0. The molecule has 0 spiro atoms. The maximum Gasteiger partial charge on any atom is 0.261 e. The first kappa shape index (κ1) is 31.7. The van der Waals surface area contributed by atoms with Crippen molar-refractivity contribution in [3.63, 3.8) is 0 Å². The summed E-state index contributed by atoms with van der Waals surface area (Å²) in [5.74, 6) is 3.06. The van der Waals surface area contributed by atoms with Crippen molar-refractivity contribution in [2.75, 3.05) is 4.90 Å². The molecular weight excluding hydrogens is 695 g/mol. The zero-order valence-corrected chi connectivity index (χ0v) is 30.7.